The summed E-state index contributed by atoms with van der Waals surface area (Å²) in [4.78, 5) is 52.4. The summed E-state index contributed by atoms with van der Waals surface area (Å²) < 4.78 is 17.9. The Kier molecular flexibility index (Phi) is 8.44. The van der Waals surface area contributed by atoms with Crippen molar-refractivity contribution < 1.29 is 38.5 Å². The monoisotopic (exact) mass is 454 g/mol. The molecule has 12 nitrogen and oxygen atoms in total. The quantitative estimate of drug-likeness (QED) is 0.520. The van der Waals surface area contributed by atoms with Gasteiger partial charge >= 0.3 is 11.9 Å². The third-order valence-corrected chi connectivity index (χ3v) is 4.65. The second-order valence-electron chi connectivity index (χ2n) is 8.38. The van der Waals surface area contributed by atoms with Gasteiger partial charge in [-0.3, -0.25) is 24.5 Å². The Morgan fingerprint density at radius 2 is 1.59 bits per heavy atom. The van der Waals surface area contributed by atoms with Crippen LogP contribution in [0.1, 0.15) is 58.4 Å². The molecule has 1 saturated heterocycles. The first-order valence-electron chi connectivity index (χ1n) is 10.4. The molecule has 1 aromatic heterocycles. The van der Waals surface area contributed by atoms with Crippen molar-refractivity contribution >= 4 is 23.8 Å². The SMILES string of the molecule is CC(C)C(=O)NC(=O)c1ncn([C@@H]2O[C@H](CO)[C@@H](OC(=O)C(C)C)[C@H]2OC(=O)C(C)C)n1. The third-order valence-electron chi connectivity index (χ3n) is 4.65. The number of esters is 2. The fourth-order valence-electron chi connectivity index (χ4n) is 2.69. The molecule has 0 radical (unpaired) electrons. The van der Waals surface area contributed by atoms with E-state index in [1.165, 1.54) is 0 Å². The molecule has 0 aliphatic carbocycles. The van der Waals surface area contributed by atoms with Crippen molar-refractivity contribution in [1.29, 1.82) is 0 Å². The second kappa shape index (κ2) is 10.6. The minimum Gasteiger partial charge on any atom is -0.455 e. The van der Waals surface area contributed by atoms with E-state index in [0.29, 0.717) is 0 Å². The molecule has 0 unspecified atom stereocenters. The van der Waals surface area contributed by atoms with Gasteiger partial charge in [-0.05, 0) is 0 Å². The number of carbonyl (C=O) groups is 4. The topological polar surface area (TPSA) is 159 Å². The summed E-state index contributed by atoms with van der Waals surface area (Å²) in [7, 11) is 0. The third kappa shape index (κ3) is 5.88. The number of aliphatic hydroxyl groups excluding tert-OH is 1. The molecule has 178 valence electrons. The first-order chi connectivity index (χ1) is 15.0. The largest absolute Gasteiger partial charge is 0.455 e. The Bertz CT molecular complexity index is 850. The first kappa shape index (κ1) is 25.4. The van der Waals surface area contributed by atoms with Crippen LogP contribution in [0.5, 0.6) is 0 Å². The van der Waals surface area contributed by atoms with E-state index in [2.05, 4.69) is 15.4 Å². The van der Waals surface area contributed by atoms with Gasteiger partial charge in [0, 0.05) is 5.92 Å². The van der Waals surface area contributed by atoms with Crippen LogP contribution in [0.2, 0.25) is 0 Å². The van der Waals surface area contributed by atoms with Crippen LogP contribution in [-0.4, -0.2) is 68.5 Å². The smallest absolute Gasteiger partial charge is 0.308 e. The van der Waals surface area contributed by atoms with E-state index in [0.717, 1.165) is 11.0 Å². The van der Waals surface area contributed by atoms with Gasteiger partial charge in [0.25, 0.3) is 5.91 Å². The van der Waals surface area contributed by atoms with Crippen LogP contribution < -0.4 is 5.32 Å². The average molecular weight is 454 g/mol. The van der Waals surface area contributed by atoms with Gasteiger partial charge in [-0.25, -0.2) is 9.67 Å². The predicted octanol–water partition coefficient (Wildman–Crippen LogP) is 0.216. The van der Waals surface area contributed by atoms with Crippen molar-refractivity contribution in [3.05, 3.63) is 12.2 Å². The zero-order valence-electron chi connectivity index (χ0n) is 19.0. The van der Waals surface area contributed by atoms with Crippen molar-refractivity contribution in [2.75, 3.05) is 6.61 Å². The lowest BCUT2D eigenvalue weighted by Gasteiger charge is -2.25. The fourth-order valence-corrected chi connectivity index (χ4v) is 2.69. The molecule has 4 atom stereocenters. The van der Waals surface area contributed by atoms with E-state index >= 15 is 0 Å². The van der Waals surface area contributed by atoms with Crippen molar-refractivity contribution in [2.24, 2.45) is 17.8 Å². The number of carbonyl (C=O) groups excluding carboxylic acids is 4. The number of nitrogens with zero attached hydrogens (tertiary/aromatic N) is 3. The number of ether oxygens (including phenoxy) is 3. The molecule has 2 rings (SSSR count). The molecule has 2 amide bonds. The highest BCUT2D eigenvalue weighted by atomic mass is 16.6. The maximum atomic E-state index is 12.3. The summed E-state index contributed by atoms with van der Waals surface area (Å²) in [6.45, 7) is 9.28. The normalized spacial score (nSPS) is 22.9. The maximum absolute atomic E-state index is 12.3. The van der Waals surface area contributed by atoms with Gasteiger partial charge in [-0.1, -0.05) is 41.5 Å². The van der Waals surface area contributed by atoms with E-state index in [1.54, 1.807) is 41.5 Å². The highest BCUT2D eigenvalue weighted by Gasteiger charge is 2.51. The van der Waals surface area contributed by atoms with Gasteiger partial charge in [0.15, 0.2) is 18.4 Å². The number of hydrogen-bond donors (Lipinski definition) is 2. The summed E-state index contributed by atoms with van der Waals surface area (Å²) in [6.07, 6.45) is -3.23. The van der Waals surface area contributed by atoms with Crippen LogP contribution in [0.25, 0.3) is 0 Å². The molecule has 0 spiro atoms. The zero-order chi connectivity index (χ0) is 24.2. The number of aromatic nitrogens is 3. The van der Waals surface area contributed by atoms with Gasteiger partial charge in [0.1, 0.15) is 12.4 Å². The zero-order valence-corrected chi connectivity index (χ0v) is 19.0. The van der Waals surface area contributed by atoms with E-state index < -0.39 is 72.7 Å². The maximum Gasteiger partial charge on any atom is 0.308 e. The Morgan fingerprint density at radius 3 is 2.09 bits per heavy atom. The van der Waals surface area contributed by atoms with Gasteiger partial charge in [-0.15, -0.1) is 5.10 Å². The van der Waals surface area contributed by atoms with Crippen molar-refractivity contribution in [1.82, 2.24) is 20.1 Å². The fraction of sp³-hybridized carbons (Fsp3) is 0.700. The second-order valence-corrected chi connectivity index (χ2v) is 8.38. The molecule has 1 aromatic rings. The van der Waals surface area contributed by atoms with E-state index in [9.17, 15) is 24.3 Å². The summed E-state index contributed by atoms with van der Waals surface area (Å²) in [6, 6.07) is 0. The number of aliphatic hydroxyl groups is 1. The molecule has 12 heteroatoms. The number of nitrogens with one attached hydrogen (secondary N) is 1. The van der Waals surface area contributed by atoms with Crippen LogP contribution in [0.3, 0.4) is 0 Å². The van der Waals surface area contributed by atoms with Gasteiger partial charge in [0.05, 0.1) is 18.4 Å². The summed E-state index contributed by atoms with van der Waals surface area (Å²) >= 11 is 0. The molecule has 1 aliphatic heterocycles. The van der Waals surface area contributed by atoms with Crippen LogP contribution in [0.4, 0.5) is 0 Å². The Morgan fingerprint density at radius 1 is 1.03 bits per heavy atom. The molecular weight excluding hydrogens is 424 g/mol. The molecule has 0 aromatic carbocycles. The molecule has 2 N–H and O–H groups in total. The average Bonchev–Trinajstić information content (AvgIpc) is 3.33. The lowest BCUT2D eigenvalue weighted by molar-refractivity contribution is -0.172. The standard InChI is InChI=1S/C20H30N4O8/c1-9(2)16(26)22-17(27)15-21-8-24(23-15)18-14(32-20(29)11(5)6)13(12(7-25)30-18)31-19(28)10(3)4/h8-14,18,25H,7H2,1-6H3,(H,22,26,27)/t12-,13-,14-,18-/m1/s1. The van der Waals surface area contributed by atoms with Gasteiger partial charge in [-0.2, -0.15) is 0 Å². The van der Waals surface area contributed by atoms with Crippen molar-refractivity contribution in [2.45, 2.75) is 66.1 Å². The van der Waals surface area contributed by atoms with Gasteiger partial charge in [0.2, 0.25) is 11.7 Å². The number of hydrogen-bond acceptors (Lipinski definition) is 10. The Hall–Kier alpha value is -2.86. The van der Waals surface area contributed by atoms with E-state index in [4.69, 9.17) is 14.2 Å². The molecule has 1 fully saturated rings. The molecule has 1 aliphatic rings. The van der Waals surface area contributed by atoms with Crippen LogP contribution in [0.15, 0.2) is 6.33 Å². The number of amides is 2. The minimum atomic E-state index is -1.15. The molecular formula is C20H30N4O8. The molecule has 2 heterocycles. The number of rotatable bonds is 8. The van der Waals surface area contributed by atoms with E-state index in [-0.39, 0.29) is 5.82 Å². The lowest BCUT2D eigenvalue weighted by atomic mass is 10.1. The Labute approximate surface area is 185 Å². The lowest BCUT2D eigenvalue weighted by Crippen LogP contribution is -2.42. The van der Waals surface area contributed by atoms with Gasteiger partial charge < -0.3 is 19.3 Å². The molecule has 0 saturated carbocycles. The Balaban J connectivity index is 2.32. The summed E-state index contributed by atoms with van der Waals surface area (Å²) in [5.74, 6) is -4.10. The van der Waals surface area contributed by atoms with Crippen LogP contribution in [-0.2, 0) is 28.6 Å². The highest BCUT2D eigenvalue weighted by molar-refractivity contribution is 6.02. The molecule has 32 heavy (non-hydrogen) atoms. The molecule has 0 bridgehead atoms. The van der Waals surface area contributed by atoms with Crippen molar-refractivity contribution in [3.8, 4) is 0 Å². The first-order valence-corrected chi connectivity index (χ1v) is 10.4. The predicted molar refractivity (Wildman–Crippen MR) is 108 cm³/mol. The minimum absolute atomic E-state index is 0.306. The highest BCUT2D eigenvalue weighted by Crippen LogP contribution is 2.34. The van der Waals surface area contributed by atoms with Crippen LogP contribution >= 0.6 is 0 Å². The summed E-state index contributed by atoms with van der Waals surface area (Å²) in [5.41, 5.74) is 0. The van der Waals surface area contributed by atoms with Crippen LogP contribution in [0, 0.1) is 17.8 Å². The van der Waals surface area contributed by atoms with E-state index in [1.807, 2.05) is 0 Å². The summed E-state index contributed by atoms with van der Waals surface area (Å²) in [5, 5.41) is 16.0. The van der Waals surface area contributed by atoms with Crippen molar-refractivity contribution in [3.63, 3.8) is 0 Å². The number of imide groups is 1.